The first-order chi connectivity index (χ1) is 16.4. The monoisotopic (exact) mass is 525 g/mol. The number of nitrogens with one attached hydrogen (secondary N) is 1. The van der Waals surface area contributed by atoms with Crippen molar-refractivity contribution in [3.8, 4) is 0 Å². The minimum absolute atomic E-state index is 0.0563. The molecule has 2 fully saturated rings. The highest BCUT2D eigenvalue weighted by Crippen LogP contribution is 2.51. The van der Waals surface area contributed by atoms with Gasteiger partial charge in [-0.05, 0) is 87.1 Å². The molecule has 190 valence electrons. The van der Waals surface area contributed by atoms with Crippen LogP contribution < -0.4 is 5.32 Å². The average molecular weight is 526 g/mol. The van der Waals surface area contributed by atoms with Gasteiger partial charge in [0, 0.05) is 17.3 Å². The maximum absolute atomic E-state index is 13.7. The third-order valence-electron chi connectivity index (χ3n) is 7.74. The molecule has 4 rings (SSSR count). The summed E-state index contributed by atoms with van der Waals surface area (Å²) in [5, 5.41) is 12.7. The highest BCUT2D eigenvalue weighted by molar-refractivity contribution is 7.92. The summed E-state index contributed by atoms with van der Waals surface area (Å²) in [4.78, 5) is 13.1. The largest absolute Gasteiger partial charge is 0.390 e. The third-order valence-corrected chi connectivity index (χ3v) is 10.4. The lowest BCUT2D eigenvalue weighted by Gasteiger charge is -2.40. The van der Waals surface area contributed by atoms with Gasteiger partial charge in [0.1, 0.15) is 0 Å². The molecule has 9 heteroatoms. The molecule has 35 heavy (non-hydrogen) atoms. The van der Waals surface area contributed by atoms with E-state index >= 15 is 0 Å². The summed E-state index contributed by atoms with van der Waals surface area (Å²) in [6, 6.07) is 5.85. The number of hydrogen-bond donors (Lipinski definition) is 2. The molecule has 0 heterocycles. The normalized spacial score (nSPS) is 26.1. The van der Waals surface area contributed by atoms with Crippen LogP contribution in [0.3, 0.4) is 0 Å². The van der Waals surface area contributed by atoms with Gasteiger partial charge in [0.05, 0.1) is 20.8 Å². The van der Waals surface area contributed by atoms with Crippen LogP contribution in [0.15, 0.2) is 35.2 Å². The van der Waals surface area contributed by atoms with E-state index < -0.39 is 38.2 Å². The molecule has 2 bridgehead atoms. The summed E-state index contributed by atoms with van der Waals surface area (Å²) in [6.07, 6.45) is 4.38. The van der Waals surface area contributed by atoms with Crippen LogP contribution in [0.2, 0.25) is 5.02 Å². The molecule has 2 aliphatic rings. The van der Waals surface area contributed by atoms with Crippen molar-refractivity contribution in [1.29, 1.82) is 0 Å². The summed E-state index contributed by atoms with van der Waals surface area (Å²) < 4.78 is 54.3. The van der Waals surface area contributed by atoms with Crippen LogP contribution in [0.1, 0.15) is 68.3 Å². The van der Waals surface area contributed by atoms with Gasteiger partial charge in [0.2, 0.25) is 0 Å². The van der Waals surface area contributed by atoms with E-state index in [1.54, 1.807) is 6.92 Å². The Hall–Kier alpha value is -2.03. The van der Waals surface area contributed by atoms with Gasteiger partial charge in [-0.25, -0.2) is 17.2 Å². The van der Waals surface area contributed by atoms with E-state index in [2.05, 4.69) is 5.32 Å². The fourth-order valence-electron chi connectivity index (χ4n) is 5.57. The van der Waals surface area contributed by atoms with Crippen molar-refractivity contribution in [2.24, 2.45) is 11.8 Å². The summed E-state index contributed by atoms with van der Waals surface area (Å²) in [5.74, 6) is -2.95. The van der Waals surface area contributed by atoms with E-state index in [1.165, 1.54) is 18.2 Å². The van der Waals surface area contributed by atoms with Gasteiger partial charge < -0.3 is 10.4 Å². The molecule has 3 unspecified atom stereocenters. The molecule has 2 saturated carbocycles. The van der Waals surface area contributed by atoms with Crippen molar-refractivity contribution in [2.45, 2.75) is 74.5 Å². The SMILES string of the molecule is CCCCc1cc(Cl)c(S(=O)(=O)C2CC3CC[C@@H](C2)C3(C)O)cc1C(=O)Nc1ccc(F)c(F)c1. The number of aryl methyl sites for hydroxylation is 1. The predicted octanol–water partition coefficient (Wildman–Crippen LogP) is 5.93. The van der Waals surface area contributed by atoms with Crippen molar-refractivity contribution in [2.75, 3.05) is 5.32 Å². The Labute approximate surface area is 209 Å². The van der Waals surface area contributed by atoms with Crippen LogP contribution >= 0.6 is 11.6 Å². The topological polar surface area (TPSA) is 83.5 Å². The molecule has 2 aromatic carbocycles. The molecule has 5 nitrogen and oxygen atoms in total. The Balaban J connectivity index is 1.69. The summed E-state index contributed by atoms with van der Waals surface area (Å²) in [5.41, 5.74) is -0.0878. The predicted molar refractivity (Wildman–Crippen MR) is 131 cm³/mol. The quantitative estimate of drug-likeness (QED) is 0.469. The molecular weight excluding hydrogens is 496 g/mol. The standard InChI is InChI=1S/C26H30ClF2NO4S/c1-3-4-5-15-10-21(27)24(14-20(15)25(31)30-18-8-9-22(28)23(29)13-18)35(33,34)19-11-16-6-7-17(12-19)26(16,2)32/h8-10,13-14,16-17,19,32H,3-7,11-12H2,1-2H3,(H,30,31)/t16-,17?,19?,26?/m0/s1. The zero-order chi connectivity index (χ0) is 25.5. The average Bonchev–Trinajstić information content (AvgIpc) is 2.95. The van der Waals surface area contributed by atoms with E-state index in [0.29, 0.717) is 24.8 Å². The van der Waals surface area contributed by atoms with Crippen LogP contribution in [-0.2, 0) is 16.3 Å². The fourth-order valence-corrected chi connectivity index (χ4v) is 8.02. The number of halogens is 3. The van der Waals surface area contributed by atoms with Crippen LogP contribution in [-0.4, -0.2) is 30.3 Å². The number of hydrogen-bond acceptors (Lipinski definition) is 4. The molecule has 2 aromatic rings. The number of carbonyl (C=O) groups excluding carboxylic acids is 1. The van der Waals surface area contributed by atoms with Gasteiger partial charge in [-0.2, -0.15) is 0 Å². The Kier molecular flexibility index (Phi) is 7.28. The number of sulfone groups is 1. The van der Waals surface area contributed by atoms with Gasteiger partial charge >= 0.3 is 0 Å². The maximum Gasteiger partial charge on any atom is 0.255 e. The second-order valence-corrected chi connectivity index (χ2v) is 12.6. The van der Waals surface area contributed by atoms with Crippen LogP contribution in [0.4, 0.5) is 14.5 Å². The van der Waals surface area contributed by atoms with Crippen LogP contribution in [0, 0.1) is 23.5 Å². The first-order valence-corrected chi connectivity index (χ1v) is 13.9. The number of aliphatic hydroxyl groups is 1. The molecule has 0 saturated heterocycles. The van der Waals surface area contributed by atoms with Crippen LogP contribution in [0.25, 0.3) is 0 Å². The smallest absolute Gasteiger partial charge is 0.255 e. The number of unbranched alkanes of at least 4 members (excludes halogenated alkanes) is 1. The maximum atomic E-state index is 13.7. The summed E-state index contributed by atoms with van der Waals surface area (Å²) in [6.45, 7) is 3.78. The van der Waals surface area contributed by atoms with Gasteiger partial charge in [-0.1, -0.05) is 24.9 Å². The molecule has 1 amide bonds. The number of carbonyl (C=O) groups is 1. The number of amides is 1. The van der Waals surface area contributed by atoms with Gasteiger partial charge in [-0.3, -0.25) is 4.79 Å². The second kappa shape index (κ2) is 9.79. The molecular formula is C26H30ClF2NO4S. The number of rotatable bonds is 7. The molecule has 2 aliphatic carbocycles. The Morgan fingerprint density at radius 3 is 2.40 bits per heavy atom. The molecule has 0 spiro atoms. The van der Waals surface area contributed by atoms with E-state index in [1.807, 2.05) is 6.92 Å². The molecule has 0 radical (unpaired) electrons. The highest BCUT2D eigenvalue weighted by atomic mass is 35.5. The van der Waals surface area contributed by atoms with Crippen molar-refractivity contribution in [3.63, 3.8) is 0 Å². The molecule has 2 N–H and O–H groups in total. The van der Waals surface area contributed by atoms with Gasteiger partial charge in [-0.15, -0.1) is 0 Å². The fraction of sp³-hybridized carbons (Fsp3) is 0.500. The molecule has 0 aromatic heterocycles. The Morgan fingerprint density at radius 1 is 1.14 bits per heavy atom. The third kappa shape index (κ3) is 4.98. The Morgan fingerprint density at radius 2 is 1.80 bits per heavy atom. The lowest BCUT2D eigenvalue weighted by Crippen LogP contribution is -2.45. The van der Waals surface area contributed by atoms with Crippen molar-refractivity contribution >= 4 is 33.0 Å². The van der Waals surface area contributed by atoms with E-state index in [0.717, 1.165) is 37.8 Å². The lowest BCUT2D eigenvalue weighted by atomic mass is 9.76. The van der Waals surface area contributed by atoms with E-state index in [9.17, 15) is 27.1 Å². The minimum Gasteiger partial charge on any atom is -0.390 e. The molecule has 0 aliphatic heterocycles. The zero-order valence-corrected chi connectivity index (χ0v) is 21.4. The number of fused-ring (bicyclic) bond motifs is 2. The summed E-state index contributed by atoms with van der Waals surface area (Å²) in [7, 11) is -3.88. The minimum atomic E-state index is -3.88. The lowest BCUT2D eigenvalue weighted by molar-refractivity contribution is -0.0413. The molecule has 4 atom stereocenters. The van der Waals surface area contributed by atoms with Crippen molar-refractivity contribution in [1.82, 2.24) is 0 Å². The van der Waals surface area contributed by atoms with Crippen LogP contribution in [0.5, 0.6) is 0 Å². The van der Waals surface area contributed by atoms with Crippen molar-refractivity contribution in [3.05, 3.63) is 58.1 Å². The van der Waals surface area contributed by atoms with Crippen molar-refractivity contribution < 1.29 is 27.1 Å². The number of anilines is 1. The summed E-state index contributed by atoms with van der Waals surface area (Å²) >= 11 is 6.48. The zero-order valence-electron chi connectivity index (χ0n) is 19.8. The second-order valence-electron chi connectivity index (χ2n) is 9.96. The van der Waals surface area contributed by atoms with E-state index in [4.69, 9.17) is 11.6 Å². The first kappa shape index (κ1) is 26.0. The van der Waals surface area contributed by atoms with Gasteiger partial charge in [0.25, 0.3) is 5.91 Å². The van der Waals surface area contributed by atoms with E-state index in [-0.39, 0.29) is 33.0 Å². The first-order valence-electron chi connectivity index (χ1n) is 12.0. The Bertz CT molecular complexity index is 1230. The van der Waals surface area contributed by atoms with Gasteiger partial charge in [0.15, 0.2) is 21.5 Å². The number of benzene rings is 2. The highest BCUT2D eigenvalue weighted by Gasteiger charge is 2.53.